The third-order valence-electron chi connectivity index (χ3n) is 3.46. The minimum atomic E-state index is -0.778. The van der Waals surface area contributed by atoms with Gasteiger partial charge in [-0.3, -0.25) is 4.79 Å². The summed E-state index contributed by atoms with van der Waals surface area (Å²) in [5.41, 5.74) is 2.84. The van der Waals surface area contributed by atoms with Crippen molar-refractivity contribution in [1.29, 1.82) is 0 Å². The van der Waals surface area contributed by atoms with Gasteiger partial charge in [-0.2, -0.15) is 0 Å². The lowest BCUT2D eigenvalue weighted by Gasteiger charge is -2.07. The molecule has 3 rings (SSSR count). The van der Waals surface area contributed by atoms with Crippen molar-refractivity contribution in [3.63, 3.8) is 0 Å². The van der Waals surface area contributed by atoms with Crippen molar-refractivity contribution in [3.05, 3.63) is 38.8 Å². The third kappa shape index (κ3) is 2.45. The summed E-state index contributed by atoms with van der Waals surface area (Å²) in [5, 5.41) is 13.2. The molecule has 0 spiro atoms. The van der Waals surface area contributed by atoms with E-state index in [-0.39, 0.29) is 0 Å². The zero-order chi connectivity index (χ0) is 14.3. The number of fused-ring (bicyclic) bond motifs is 1. The Kier molecular flexibility index (Phi) is 3.52. The molecule has 1 aromatic carbocycles. The predicted octanol–water partition coefficient (Wildman–Crippen LogP) is 4.07. The summed E-state index contributed by atoms with van der Waals surface area (Å²) in [4.78, 5) is 16.7. The first kappa shape index (κ1) is 13.6. The van der Waals surface area contributed by atoms with E-state index in [1.807, 2.05) is 25.1 Å². The number of carboxylic acid groups (broad SMARTS) is 1. The van der Waals surface area contributed by atoms with Gasteiger partial charge in [0, 0.05) is 15.0 Å². The van der Waals surface area contributed by atoms with Gasteiger partial charge < -0.3 is 10.4 Å². The monoisotopic (exact) mass is 352 g/mol. The largest absolute Gasteiger partial charge is 0.481 e. The van der Waals surface area contributed by atoms with Gasteiger partial charge in [0.25, 0.3) is 0 Å². The standard InChI is InChI=1S/C14H13BrN2O2S/c1-7-2-3-8(15)6-10(7)16-14-17-12-9(13(18)19)4-5-11(12)20-14/h2-3,6,9H,4-5H2,1H3,(H,16,17)(H,18,19). The summed E-state index contributed by atoms with van der Waals surface area (Å²) in [6, 6.07) is 6.01. The lowest BCUT2D eigenvalue weighted by atomic mass is 10.1. The number of hydrogen-bond acceptors (Lipinski definition) is 4. The predicted molar refractivity (Wildman–Crippen MR) is 83.0 cm³/mol. The lowest BCUT2D eigenvalue weighted by molar-refractivity contribution is -0.138. The van der Waals surface area contributed by atoms with Crippen LogP contribution in [0.3, 0.4) is 0 Å². The molecule has 1 unspecified atom stereocenters. The molecule has 0 saturated carbocycles. The van der Waals surface area contributed by atoms with Crippen molar-refractivity contribution in [2.45, 2.75) is 25.7 Å². The molecule has 0 aliphatic heterocycles. The third-order valence-corrected chi connectivity index (χ3v) is 5.00. The van der Waals surface area contributed by atoms with Gasteiger partial charge in [-0.05, 0) is 37.5 Å². The summed E-state index contributed by atoms with van der Waals surface area (Å²) >= 11 is 5.00. The van der Waals surface area contributed by atoms with Crippen LogP contribution >= 0.6 is 27.3 Å². The van der Waals surface area contributed by atoms with E-state index >= 15 is 0 Å². The Balaban J connectivity index is 1.88. The normalized spacial score (nSPS) is 17.0. The van der Waals surface area contributed by atoms with E-state index in [0.717, 1.165) is 37.8 Å². The second kappa shape index (κ2) is 5.18. The maximum atomic E-state index is 11.2. The summed E-state index contributed by atoms with van der Waals surface area (Å²) in [5.74, 6) is -1.22. The highest BCUT2D eigenvalue weighted by atomic mass is 79.9. The summed E-state index contributed by atoms with van der Waals surface area (Å²) in [7, 11) is 0. The topological polar surface area (TPSA) is 62.2 Å². The molecule has 1 aromatic heterocycles. The number of anilines is 2. The molecule has 2 N–H and O–H groups in total. The number of benzene rings is 1. The Morgan fingerprint density at radius 2 is 2.35 bits per heavy atom. The second-order valence-electron chi connectivity index (χ2n) is 4.84. The van der Waals surface area contributed by atoms with E-state index in [4.69, 9.17) is 0 Å². The minimum Gasteiger partial charge on any atom is -0.481 e. The number of thiazole rings is 1. The molecule has 0 fully saturated rings. The molecular weight excluding hydrogens is 340 g/mol. The van der Waals surface area contributed by atoms with Gasteiger partial charge in [-0.1, -0.05) is 22.0 Å². The Bertz CT molecular complexity index is 684. The van der Waals surface area contributed by atoms with Crippen LogP contribution < -0.4 is 5.32 Å². The number of aliphatic carboxylic acids is 1. The Morgan fingerprint density at radius 3 is 3.10 bits per heavy atom. The Labute approximate surface area is 129 Å². The van der Waals surface area contributed by atoms with Crippen molar-refractivity contribution in [2.75, 3.05) is 5.32 Å². The van der Waals surface area contributed by atoms with Crippen LogP contribution in [0.4, 0.5) is 10.8 Å². The fraction of sp³-hybridized carbons (Fsp3) is 0.286. The molecule has 20 heavy (non-hydrogen) atoms. The summed E-state index contributed by atoms with van der Waals surface area (Å²) < 4.78 is 0.998. The van der Waals surface area contributed by atoms with E-state index in [0.29, 0.717) is 6.42 Å². The van der Waals surface area contributed by atoms with Crippen molar-refractivity contribution < 1.29 is 9.90 Å². The highest BCUT2D eigenvalue weighted by molar-refractivity contribution is 9.10. The van der Waals surface area contributed by atoms with Gasteiger partial charge in [-0.15, -0.1) is 11.3 Å². The van der Waals surface area contributed by atoms with Crippen LogP contribution in [0.5, 0.6) is 0 Å². The number of aromatic nitrogens is 1. The van der Waals surface area contributed by atoms with Gasteiger partial charge in [0.1, 0.15) is 5.92 Å². The second-order valence-corrected chi connectivity index (χ2v) is 6.84. The van der Waals surface area contributed by atoms with Crippen molar-refractivity contribution in [3.8, 4) is 0 Å². The highest BCUT2D eigenvalue weighted by Gasteiger charge is 2.32. The number of carbonyl (C=O) groups is 1. The van der Waals surface area contributed by atoms with Crippen molar-refractivity contribution in [2.24, 2.45) is 0 Å². The molecule has 1 heterocycles. The number of halogens is 1. The fourth-order valence-corrected chi connectivity index (χ4v) is 3.78. The van der Waals surface area contributed by atoms with E-state index in [1.165, 1.54) is 0 Å². The number of nitrogens with zero attached hydrogens (tertiary/aromatic N) is 1. The first-order valence-electron chi connectivity index (χ1n) is 6.30. The minimum absolute atomic E-state index is 0.444. The molecule has 0 radical (unpaired) electrons. The van der Waals surface area contributed by atoms with Crippen molar-refractivity contribution >= 4 is 44.1 Å². The highest BCUT2D eigenvalue weighted by Crippen LogP contribution is 2.39. The average Bonchev–Trinajstić information content (AvgIpc) is 2.92. The van der Waals surface area contributed by atoms with Gasteiger partial charge in [0.2, 0.25) is 0 Å². The van der Waals surface area contributed by atoms with Crippen LogP contribution in [0.15, 0.2) is 22.7 Å². The molecule has 0 amide bonds. The quantitative estimate of drug-likeness (QED) is 0.873. The zero-order valence-corrected chi connectivity index (χ0v) is 13.2. The number of rotatable bonds is 3. The molecule has 104 valence electrons. The van der Waals surface area contributed by atoms with Gasteiger partial charge >= 0.3 is 5.97 Å². The maximum absolute atomic E-state index is 11.2. The molecule has 1 atom stereocenters. The first-order valence-corrected chi connectivity index (χ1v) is 7.91. The number of nitrogens with one attached hydrogen (secondary N) is 1. The molecule has 1 aliphatic rings. The molecule has 1 aliphatic carbocycles. The Hall–Kier alpha value is -1.40. The van der Waals surface area contributed by atoms with Crippen LogP contribution in [0.2, 0.25) is 0 Å². The van der Waals surface area contributed by atoms with Crippen molar-refractivity contribution in [1.82, 2.24) is 4.98 Å². The molecule has 4 nitrogen and oxygen atoms in total. The van der Waals surface area contributed by atoms with E-state index in [9.17, 15) is 9.90 Å². The number of aryl methyl sites for hydroxylation is 2. The molecular formula is C14H13BrN2O2S. The first-order chi connectivity index (χ1) is 9.54. The van der Waals surface area contributed by atoms with Crippen LogP contribution in [0.1, 0.15) is 28.5 Å². The SMILES string of the molecule is Cc1ccc(Br)cc1Nc1nc2c(s1)CCC2C(=O)O. The Morgan fingerprint density at radius 1 is 1.55 bits per heavy atom. The van der Waals surface area contributed by atoms with Gasteiger partial charge in [0.05, 0.1) is 5.69 Å². The van der Waals surface area contributed by atoms with Gasteiger partial charge in [0.15, 0.2) is 5.13 Å². The molecule has 0 saturated heterocycles. The summed E-state index contributed by atoms with van der Waals surface area (Å²) in [6.07, 6.45) is 1.48. The zero-order valence-electron chi connectivity index (χ0n) is 10.8. The van der Waals surface area contributed by atoms with Crippen LogP contribution in [-0.2, 0) is 11.2 Å². The lowest BCUT2D eigenvalue weighted by Crippen LogP contribution is -2.08. The van der Waals surface area contributed by atoms with Crippen LogP contribution in [-0.4, -0.2) is 16.1 Å². The fourth-order valence-electron chi connectivity index (χ4n) is 2.37. The van der Waals surface area contributed by atoms with E-state index in [2.05, 4.69) is 26.2 Å². The molecule has 2 aromatic rings. The van der Waals surface area contributed by atoms with Crippen LogP contribution in [0, 0.1) is 6.92 Å². The van der Waals surface area contributed by atoms with E-state index in [1.54, 1.807) is 11.3 Å². The average molecular weight is 353 g/mol. The number of carboxylic acids is 1. The smallest absolute Gasteiger partial charge is 0.312 e. The number of hydrogen-bond donors (Lipinski definition) is 2. The maximum Gasteiger partial charge on any atom is 0.312 e. The summed E-state index contributed by atoms with van der Waals surface area (Å²) in [6.45, 7) is 2.02. The molecule has 6 heteroatoms. The molecule has 0 bridgehead atoms. The van der Waals surface area contributed by atoms with Gasteiger partial charge in [-0.25, -0.2) is 4.98 Å². The van der Waals surface area contributed by atoms with Crippen LogP contribution in [0.25, 0.3) is 0 Å². The van der Waals surface area contributed by atoms with E-state index < -0.39 is 11.9 Å².